The molecule has 0 spiro atoms. The molecule has 7 heteroatoms. The van der Waals surface area contributed by atoms with Gasteiger partial charge in [0.05, 0.1) is 10.6 Å². The first-order valence-electron chi connectivity index (χ1n) is 6.82. The van der Waals surface area contributed by atoms with Crippen molar-refractivity contribution < 1.29 is 14.5 Å². The third kappa shape index (κ3) is 4.92. The second-order valence-electron chi connectivity index (χ2n) is 4.64. The van der Waals surface area contributed by atoms with Crippen molar-refractivity contribution in [3.63, 3.8) is 0 Å². The zero-order valence-electron chi connectivity index (χ0n) is 12.4. The van der Waals surface area contributed by atoms with Gasteiger partial charge in [0.2, 0.25) is 0 Å². The van der Waals surface area contributed by atoms with Gasteiger partial charge in [0.15, 0.2) is 6.61 Å². The molecule has 0 atom stereocenters. The summed E-state index contributed by atoms with van der Waals surface area (Å²) in [6.45, 7) is 1.54. The first-order valence-corrected chi connectivity index (χ1v) is 6.82. The van der Waals surface area contributed by atoms with Gasteiger partial charge in [0.1, 0.15) is 5.75 Å². The van der Waals surface area contributed by atoms with Crippen LogP contribution in [0.3, 0.4) is 0 Å². The van der Waals surface area contributed by atoms with Crippen molar-refractivity contribution in [1.82, 2.24) is 5.43 Å². The number of para-hydroxylation sites is 1. The second-order valence-corrected chi connectivity index (χ2v) is 4.64. The van der Waals surface area contributed by atoms with E-state index >= 15 is 0 Å². The van der Waals surface area contributed by atoms with Crippen LogP contribution in [0.1, 0.15) is 12.5 Å². The van der Waals surface area contributed by atoms with Crippen molar-refractivity contribution >= 4 is 17.3 Å². The summed E-state index contributed by atoms with van der Waals surface area (Å²) in [6.07, 6.45) is 0. The summed E-state index contributed by atoms with van der Waals surface area (Å²) in [7, 11) is 0. The number of hydrazone groups is 1. The van der Waals surface area contributed by atoms with Crippen LogP contribution >= 0.6 is 0 Å². The molecule has 1 N–H and O–H groups in total. The Bertz CT molecular complexity index is 712. The monoisotopic (exact) mass is 313 g/mol. The van der Waals surface area contributed by atoms with E-state index in [1.165, 1.54) is 12.1 Å². The molecule has 0 aliphatic heterocycles. The van der Waals surface area contributed by atoms with Gasteiger partial charge in [-0.25, -0.2) is 5.43 Å². The number of ether oxygens (including phenoxy) is 1. The first kappa shape index (κ1) is 16.2. The minimum Gasteiger partial charge on any atom is -0.484 e. The van der Waals surface area contributed by atoms with E-state index in [9.17, 15) is 14.9 Å². The standard InChI is InChI=1S/C16H15N3O4/c1-12(13-7-9-14(10-8-13)19(21)22)17-18-16(20)11-23-15-5-3-2-4-6-15/h2-10H,11H2,1H3,(H,18,20)/b17-12+. The molecule has 0 radical (unpaired) electrons. The van der Waals surface area contributed by atoms with Crippen LogP contribution < -0.4 is 10.2 Å². The Balaban J connectivity index is 1.88. The molecule has 2 aromatic carbocycles. The zero-order valence-corrected chi connectivity index (χ0v) is 12.4. The average molecular weight is 313 g/mol. The Hall–Kier alpha value is -3.22. The van der Waals surface area contributed by atoms with E-state index in [4.69, 9.17) is 4.74 Å². The van der Waals surface area contributed by atoms with Crippen molar-refractivity contribution in [3.05, 3.63) is 70.3 Å². The highest BCUT2D eigenvalue weighted by molar-refractivity contribution is 5.99. The Morgan fingerprint density at radius 2 is 1.83 bits per heavy atom. The molecule has 0 heterocycles. The highest BCUT2D eigenvalue weighted by atomic mass is 16.6. The van der Waals surface area contributed by atoms with Crippen molar-refractivity contribution in [2.75, 3.05) is 6.61 Å². The topological polar surface area (TPSA) is 93.8 Å². The van der Waals surface area contributed by atoms with E-state index in [-0.39, 0.29) is 12.3 Å². The lowest BCUT2D eigenvalue weighted by Crippen LogP contribution is -2.25. The van der Waals surface area contributed by atoms with Gasteiger partial charge in [-0.1, -0.05) is 18.2 Å². The van der Waals surface area contributed by atoms with Crippen LogP contribution in [0.2, 0.25) is 0 Å². The molecule has 118 valence electrons. The summed E-state index contributed by atoms with van der Waals surface area (Å²) in [5, 5.41) is 14.5. The lowest BCUT2D eigenvalue weighted by molar-refractivity contribution is -0.384. The summed E-state index contributed by atoms with van der Waals surface area (Å²) in [4.78, 5) is 21.8. The van der Waals surface area contributed by atoms with E-state index in [2.05, 4.69) is 10.5 Å². The number of benzene rings is 2. The molecule has 0 saturated carbocycles. The molecule has 0 fully saturated rings. The van der Waals surface area contributed by atoms with Crippen molar-refractivity contribution in [1.29, 1.82) is 0 Å². The number of carbonyl (C=O) groups excluding carboxylic acids is 1. The maximum atomic E-state index is 11.7. The molecule has 2 aromatic rings. The number of non-ortho nitro benzene ring substituents is 1. The molecule has 0 aliphatic rings. The van der Waals surface area contributed by atoms with Crippen LogP contribution in [0, 0.1) is 10.1 Å². The second kappa shape index (κ2) is 7.69. The molecule has 0 aromatic heterocycles. The van der Waals surface area contributed by atoms with E-state index < -0.39 is 10.8 Å². The number of hydrogen-bond donors (Lipinski definition) is 1. The maximum Gasteiger partial charge on any atom is 0.277 e. The molecular weight excluding hydrogens is 298 g/mol. The van der Waals surface area contributed by atoms with Crippen LogP contribution in [0.5, 0.6) is 5.75 Å². The van der Waals surface area contributed by atoms with Gasteiger partial charge < -0.3 is 4.74 Å². The van der Waals surface area contributed by atoms with E-state index in [1.54, 1.807) is 31.2 Å². The van der Waals surface area contributed by atoms with Crippen LogP contribution in [-0.2, 0) is 4.79 Å². The molecule has 0 unspecified atom stereocenters. The quantitative estimate of drug-likeness (QED) is 0.503. The largest absolute Gasteiger partial charge is 0.484 e. The predicted molar refractivity (Wildman–Crippen MR) is 85.4 cm³/mol. The fraction of sp³-hybridized carbons (Fsp3) is 0.125. The van der Waals surface area contributed by atoms with Gasteiger partial charge in [-0.3, -0.25) is 14.9 Å². The number of amides is 1. The van der Waals surface area contributed by atoms with Crippen molar-refractivity contribution in [2.24, 2.45) is 5.10 Å². The lowest BCUT2D eigenvalue weighted by atomic mass is 10.1. The minimum absolute atomic E-state index is 0.00171. The Morgan fingerprint density at radius 3 is 2.43 bits per heavy atom. The molecule has 0 aliphatic carbocycles. The molecule has 0 bridgehead atoms. The Labute approximate surface area is 132 Å². The number of nitrogens with one attached hydrogen (secondary N) is 1. The Morgan fingerprint density at radius 1 is 1.17 bits per heavy atom. The molecule has 23 heavy (non-hydrogen) atoms. The fourth-order valence-electron chi connectivity index (χ4n) is 1.73. The van der Waals surface area contributed by atoms with Gasteiger partial charge in [0.25, 0.3) is 11.6 Å². The number of hydrogen-bond acceptors (Lipinski definition) is 5. The van der Waals surface area contributed by atoms with Gasteiger partial charge in [-0.15, -0.1) is 0 Å². The van der Waals surface area contributed by atoms with E-state index in [0.29, 0.717) is 17.0 Å². The maximum absolute atomic E-state index is 11.7. The van der Waals surface area contributed by atoms with Gasteiger partial charge in [0, 0.05) is 12.1 Å². The highest BCUT2D eigenvalue weighted by Crippen LogP contribution is 2.12. The summed E-state index contributed by atoms with van der Waals surface area (Å²) >= 11 is 0. The summed E-state index contributed by atoms with van der Waals surface area (Å²) in [6, 6.07) is 14.9. The molecule has 2 rings (SSSR count). The first-order chi connectivity index (χ1) is 11.1. The van der Waals surface area contributed by atoms with Gasteiger partial charge >= 0.3 is 0 Å². The summed E-state index contributed by atoms with van der Waals surface area (Å²) < 4.78 is 5.29. The Kier molecular flexibility index (Phi) is 5.40. The highest BCUT2D eigenvalue weighted by Gasteiger charge is 2.06. The van der Waals surface area contributed by atoms with Crippen LogP contribution in [0.4, 0.5) is 5.69 Å². The average Bonchev–Trinajstić information content (AvgIpc) is 2.58. The number of rotatable bonds is 6. The van der Waals surface area contributed by atoms with Crippen molar-refractivity contribution in [3.8, 4) is 5.75 Å². The number of nitro benzene ring substituents is 1. The van der Waals surface area contributed by atoms with Gasteiger partial charge in [-0.2, -0.15) is 5.10 Å². The minimum atomic E-state index is -0.473. The number of nitrogens with zero attached hydrogens (tertiary/aromatic N) is 2. The fourth-order valence-corrected chi connectivity index (χ4v) is 1.73. The molecular formula is C16H15N3O4. The number of nitro groups is 1. The zero-order chi connectivity index (χ0) is 16.7. The third-order valence-corrected chi connectivity index (χ3v) is 2.96. The van der Waals surface area contributed by atoms with Crippen LogP contribution in [0.25, 0.3) is 0 Å². The normalized spacial score (nSPS) is 10.9. The molecule has 7 nitrogen and oxygen atoms in total. The third-order valence-electron chi connectivity index (χ3n) is 2.96. The van der Waals surface area contributed by atoms with Crippen LogP contribution in [0.15, 0.2) is 59.7 Å². The van der Waals surface area contributed by atoms with Crippen LogP contribution in [-0.4, -0.2) is 23.1 Å². The number of carbonyl (C=O) groups is 1. The summed E-state index contributed by atoms with van der Waals surface area (Å²) in [5.41, 5.74) is 3.60. The predicted octanol–water partition coefficient (Wildman–Crippen LogP) is 2.51. The van der Waals surface area contributed by atoms with Gasteiger partial charge in [-0.05, 0) is 36.8 Å². The van der Waals surface area contributed by atoms with E-state index in [0.717, 1.165) is 0 Å². The molecule has 1 amide bonds. The SMILES string of the molecule is C/C(=N\NC(=O)COc1ccccc1)c1ccc([N+](=O)[O-])cc1. The lowest BCUT2D eigenvalue weighted by Gasteiger charge is -2.05. The summed E-state index contributed by atoms with van der Waals surface area (Å²) in [5.74, 6) is 0.203. The van der Waals surface area contributed by atoms with E-state index in [1.807, 2.05) is 18.2 Å². The van der Waals surface area contributed by atoms with Crippen molar-refractivity contribution in [2.45, 2.75) is 6.92 Å². The smallest absolute Gasteiger partial charge is 0.277 e. The molecule has 0 saturated heterocycles.